The molecule has 0 radical (unpaired) electrons. The van der Waals surface area contributed by atoms with Gasteiger partial charge in [0.15, 0.2) is 0 Å². The molecule has 0 saturated heterocycles. The summed E-state index contributed by atoms with van der Waals surface area (Å²) in [5.41, 5.74) is 1.09. The zero-order valence-corrected chi connectivity index (χ0v) is 11.1. The van der Waals surface area contributed by atoms with Gasteiger partial charge in [-0.15, -0.1) is 0 Å². The highest BCUT2D eigenvalue weighted by Gasteiger charge is 2.45. The maximum atomic E-state index is 10.2. The summed E-state index contributed by atoms with van der Waals surface area (Å²) in [4.78, 5) is 0. The second-order valence-electron chi connectivity index (χ2n) is 4.22. The van der Waals surface area contributed by atoms with E-state index in [9.17, 15) is 5.11 Å². The third kappa shape index (κ3) is 1.90. The summed E-state index contributed by atoms with van der Waals surface area (Å²) in [5, 5.41) is 10.2. The lowest BCUT2D eigenvalue weighted by molar-refractivity contribution is 0.103. The Balaban J connectivity index is 2.35. The molecule has 0 aromatic heterocycles. The fraction of sp³-hybridized carbons (Fsp3) is 0.455. The van der Waals surface area contributed by atoms with Crippen molar-refractivity contribution in [3.63, 3.8) is 0 Å². The Kier molecular flexibility index (Phi) is 2.75. The lowest BCUT2D eigenvalue weighted by Crippen LogP contribution is -2.10. The minimum Gasteiger partial charge on any atom is -0.388 e. The Labute approximate surface area is 101 Å². The van der Waals surface area contributed by atoms with Crippen molar-refractivity contribution in [2.45, 2.75) is 25.9 Å². The van der Waals surface area contributed by atoms with Crippen LogP contribution in [-0.4, -0.2) is 5.11 Å². The predicted molar refractivity (Wildman–Crippen MR) is 64.1 cm³/mol. The molecule has 0 amide bonds. The first-order valence-corrected chi connectivity index (χ1v) is 6.24. The first-order valence-electron chi connectivity index (χ1n) is 4.66. The van der Waals surface area contributed by atoms with Gasteiger partial charge in [-0.25, -0.2) is 0 Å². The second-order valence-corrected chi connectivity index (χ2v) is 5.99. The first-order chi connectivity index (χ1) is 6.53. The van der Waals surface area contributed by atoms with Gasteiger partial charge in [0.05, 0.1) is 6.10 Å². The highest BCUT2D eigenvalue weighted by Crippen LogP contribution is 2.55. The summed E-state index contributed by atoms with van der Waals surface area (Å²) >= 11 is 6.89. The molecule has 2 rings (SSSR count). The Hall–Kier alpha value is 0.140. The molecule has 1 fully saturated rings. The Bertz CT molecular complexity index is 358. The van der Waals surface area contributed by atoms with E-state index in [1.807, 2.05) is 18.2 Å². The van der Waals surface area contributed by atoms with Crippen LogP contribution in [0.5, 0.6) is 0 Å². The van der Waals surface area contributed by atoms with Crippen LogP contribution in [0.25, 0.3) is 0 Å². The molecule has 0 heterocycles. The minimum atomic E-state index is -0.352. The summed E-state index contributed by atoms with van der Waals surface area (Å²) in [6.45, 7) is 2.13. The van der Waals surface area contributed by atoms with Gasteiger partial charge in [0.1, 0.15) is 0 Å². The number of rotatable bonds is 2. The van der Waals surface area contributed by atoms with Crippen molar-refractivity contribution in [1.29, 1.82) is 0 Å². The van der Waals surface area contributed by atoms with E-state index < -0.39 is 0 Å². The highest BCUT2D eigenvalue weighted by atomic mass is 79.9. The zero-order valence-electron chi connectivity index (χ0n) is 7.93. The van der Waals surface area contributed by atoms with Crippen molar-refractivity contribution in [1.82, 2.24) is 0 Å². The molecule has 1 N–H and O–H groups in total. The number of benzene rings is 1. The summed E-state index contributed by atoms with van der Waals surface area (Å²) in [7, 11) is 0. The number of hydrogen-bond acceptors (Lipinski definition) is 1. The zero-order chi connectivity index (χ0) is 10.3. The van der Waals surface area contributed by atoms with Crippen LogP contribution in [0.15, 0.2) is 27.1 Å². The van der Waals surface area contributed by atoms with Gasteiger partial charge in [0.2, 0.25) is 0 Å². The molecule has 76 valence electrons. The fourth-order valence-corrected chi connectivity index (χ4v) is 2.41. The van der Waals surface area contributed by atoms with Gasteiger partial charge >= 0.3 is 0 Å². The highest BCUT2D eigenvalue weighted by molar-refractivity contribution is 9.11. The minimum absolute atomic E-state index is 0.101. The van der Waals surface area contributed by atoms with E-state index in [2.05, 4.69) is 38.8 Å². The molecule has 1 unspecified atom stereocenters. The fourth-order valence-electron chi connectivity index (χ4n) is 1.57. The van der Waals surface area contributed by atoms with Crippen molar-refractivity contribution in [3.8, 4) is 0 Å². The van der Waals surface area contributed by atoms with Crippen LogP contribution in [0.4, 0.5) is 0 Å². The van der Waals surface area contributed by atoms with E-state index in [4.69, 9.17) is 0 Å². The predicted octanol–water partition coefficient (Wildman–Crippen LogP) is 4.05. The van der Waals surface area contributed by atoms with Gasteiger partial charge in [0, 0.05) is 8.95 Å². The van der Waals surface area contributed by atoms with Crippen molar-refractivity contribution in [2.75, 3.05) is 0 Å². The van der Waals surface area contributed by atoms with Crippen LogP contribution >= 0.6 is 31.9 Å². The average Bonchev–Trinajstić information content (AvgIpc) is 2.88. The Morgan fingerprint density at radius 1 is 1.36 bits per heavy atom. The summed E-state index contributed by atoms with van der Waals surface area (Å²) in [6.07, 6.45) is 1.88. The van der Waals surface area contributed by atoms with Crippen molar-refractivity contribution >= 4 is 31.9 Å². The van der Waals surface area contributed by atoms with Crippen LogP contribution in [-0.2, 0) is 0 Å². The Morgan fingerprint density at radius 3 is 2.57 bits per heavy atom. The Morgan fingerprint density at radius 2 is 2.00 bits per heavy atom. The third-order valence-corrected chi connectivity index (χ3v) is 4.17. The van der Waals surface area contributed by atoms with Gasteiger partial charge in [-0.1, -0.05) is 38.8 Å². The molecule has 3 heteroatoms. The molecular formula is C11H12Br2O. The van der Waals surface area contributed by atoms with E-state index in [1.54, 1.807) is 0 Å². The van der Waals surface area contributed by atoms with Crippen molar-refractivity contribution in [2.24, 2.45) is 5.41 Å². The largest absolute Gasteiger partial charge is 0.388 e. The number of halogens is 2. The van der Waals surface area contributed by atoms with Gasteiger partial charge < -0.3 is 5.11 Å². The molecule has 1 aliphatic rings. The normalized spacial score (nSPS) is 20.6. The summed E-state index contributed by atoms with van der Waals surface area (Å²) < 4.78 is 2.00. The van der Waals surface area contributed by atoms with E-state index in [0.29, 0.717) is 0 Å². The molecular weight excluding hydrogens is 308 g/mol. The topological polar surface area (TPSA) is 20.2 Å². The van der Waals surface area contributed by atoms with E-state index >= 15 is 0 Å². The SMILES string of the molecule is CC1(C(O)c2cc(Br)ccc2Br)CC1. The van der Waals surface area contributed by atoms with Crippen LogP contribution in [0.3, 0.4) is 0 Å². The van der Waals surface area contributed by atoms with Crippen LogP contribution in [0.1, 0.15) is 31.4 Å². The molecule has 1 saturated carbocycles. The molecule has 1 aliphatic carbocycles. The van der Waals surface area contributed by atoms with Gasteiger partial charge in [-0.2, -0.15) is 0 Å². The molecule has 0 bridgehead atoms. The monoisotopic (exact) mass is 318 g/mol. The van der Waals surface area contributed by atoms with Crippen LogP contribution in [0.2, 0.25) is 0 Å². The first kappa shape index (κ1) is 10.7. The molecule has 0 spiro atoms. The number of aliphatic hydroxyl groups is 1. The molecule has 1 aromatic rings. The molecule has 1 atom stereocenters. The molecule has 1 nitrogen and oxygen atoms in total. The van der Waals surface area contributed by atoms with E-state index in [1.165, 1.54) is 0 Å². The van der Waals surface area contributed by atoms with Crippen molar-refractivity contribution < 1.29 is 5.11 Å². The summed E-state index contributed by atoms with van der Waals surface area (Å²) in [6, 6.07) is 5.92. The number of hydrogen-bond donors (Lipinski definition) is 1. The second kappa shape index (κ2) is 3.62. The van der Waals surface area contributed by atoms with Crippen LogP contribution in [0, 0.1) is 5.41 Å². The van der Waals surface area contributed by atoms with E-state index in [-0.39, 0.29) is 11.5 Å². The summed E-state index contributed by atoms with van der Waals surface area (Å²) in [5.74, 6) is 0. The lowest BCUT2D eigenvalue weighted by Gasteiger charge is -2.19. The third-order valence-electron chi connectivity index (χ3n) is 2.95. The maximum absolute atomic E-state index is 10.2. The number of aliphatic hydroxyl groups excluding tert-OH is 1. The van der Waals surface area contributed by atoms with E-state index in [0.717, 1.165) is 27.4 Å². The standard InChI is InChI=1S/C11H12Br2O/c1-11(4-5-11)10(14)8-6-7(12)2-3-9(8)13/h2-3,6,10,14H,4-5H2,1H3. The van der Waals surface area contributed by atoms with Gasteiger partial charge in [-0.3, -0.25) is 0 Å². The lowest BCUT2D eigenvalue weighted by atomic mass is 9.95. The molecule has 0 aliphatic heterocycles. The van der Waals surface area contributed by atoms with Crippen molar-refractivity contribution in [3.05, 3.63) is 32.7 Å². The van der Waals surface area contributed by atoms with Gasteiger partial charge in [-0.05, 0) is 42.0 Å². The molecule has 14 heavy (non-hydrogen) atoms. The quantitative estimate of drug-likeness (QED) is 0.872. The maximum Gasteiger partial charge on any atom is 0.0854 e. The smallest absolute Gasteiger partial charge is 0.0854 e. The average molecular weight is 320 g/mol. The molecule has 1 aromatic carbocycles. The van der Waals surface area contributed by atoms with Crippen LogP contribution < -0.4 is 0 Å². The van der Waals surface area contributed by atoms with Gasteiger partial charge in [0.25, 0.3) is 0 Å².